The number of halogens is 1. The molecule has 0 fully saturated rings. The van der Waals surface area contributed by atoms with Crippen LogP contribution in [0.4, 0.5) is 4.39 Å². The smallest absolute Gasteiger partial charge is 0.236 e. The predicted octanol–water partition coefficient (Wildman–Crippen LogP) is 1.56. The van der Waals surface area contributed by atoms with Gasteiger partial charge in [-0.05, 0) is 19.8 Å². The minimum Gasteiger partial charge on any atom is -0.292 e. The van der Waals surface area contributed by atoms with Crippen LogP contribution >= 0.6 is 0 Å². The summed E-state index contributed by atoms with van der Waals surface area (Å²) in [7, 11) is 0. The van der Waals surface area contributed by atoms with Gasteiger partial charge < -0.3 is 0 Å². The molecule has 1 heterocycles. The van der Waals surface area contributed by atoms with Gasteiger partial charge in [0.1, 0.15) is 5.69 Å². The van der Waals surface area contributed by atoms with Crippen LogP contribution in [0.2, 0.25) is 0 Å². The van der Waals surface area contributed by atoms with E-state index in [9.17, 15) is 9.18 Å². The Kier molecular flexibility index (Phi) is 1.90. The fourth-order valence-electron chi connectivity index (χ4n) is 1.78. The van der Waals surface area contributed by atoms with Crippen LogP contribution in [-0.2, 0) is 13.0 Å². The van der Waals surface area contributed by atoms with E-state index >= 15 is 0 Å². The maximum absolute atomic E-state index is 13.2. The molecule has 0 bridgehead atoms. The first-order valence-corrected chi connectivity index (χ1v) is 4.52. The quantitative estimate of drug-likeness (QED) is 0.660. The summed E-state index contributed by atoms with van der Waals surface area (Å²) in [6.45, 7) is 2.41. The van der Waals surface area contributed by atoms with E-state index in [2.05, 4.69) is 5.10 Å². The highest BCUT2D eigenvalue weighted by Crippen LogP contribution is 2.23. The summed E-state index contributed by atoms with van der Waals surface area (Å²) in [5, 5.41) is 3.69. The van der Waals surface area contributed by atoms with E-state index in [1.54, 1.807) is 0 Å². The van der Waals surface area contributed by atoms with Crippen molar-refractivity contribution in [2.45, 2.75) is 32.7 Å². The van der Waals surface area contributed by atoms with Crippen LogP contribution < -0.4 is 0 Å². The Morgan fingerprint density at radius 1 is 1.54 bits per heavy atom. The summed E-state index contributed by atoms with van der Waals surface area (Å²) in [5.74, 6) is -0.440. The first kappa shape index (κ1) is 8.41. The van der Waals surface area contributed by atoms with Crippen molar-refractivity contribution in [1.82, 2.24) is 9.78 Å². The second-order valence-corrected chi connectivity index (χ2v) is 3.21. The van der Waals surface area contributed by atoms with Crippen molar-refractivity contribution in [3.63, 3.8) is 0 Å². The average molecular weight is 182 g/mol. The molecule has 2 rings (SSSR count). The Hall–Kier alpha value is -1.19. The summed E-state index contributed by atoms with van der Waals surface area (Å²) >= 11 is 0. The first-order chi connectivity index (χ1) is 6.24. The van der Waals surface area contributed by atoms with Crippen LogP contribution in [-0.4, -0.2) is 15.6 Å². The van der Waals surface area contributed by atoms with Crippen molar-refractivity contribution < 1.29 is 9.18 Å². The highest BCUT2D eigenvalue weighted by molar-refractivity contribution is 5.96. The number of rotatable bonds is 1. The van der Waals surface area contributed by atoms with Gasteiger partial charge in [0, 0.05) is 18.5 Å². The number of aryl methyl sites for hydroxylation is 1. The molecular formula is C9H11FN2O. The van der Waals surface area contributed by atoms with E-state index in [1.807, 2.05) is 6.92 Å². The number of hydrogen-bond donors (Lipinski definition) is 0. The van der Waals surface area contributed by atoms with Crippen LogP contribution in [0.3, 0.4) is 0 Å². The van der Waals surface area contributed by atoms with E-state index in [0.29, 0.717) is 30.6 Å². The van der Waals surface area contributed by atoms with Gasteiger partial charge in [-0.15, -0.1) is 5.10 Å². The van der Waals surface area contributed by atoms with Crippen molar-refractivity contribution in [2.24, 2.45) is 0 Å². The summed E-state index contributed by atoms with van der Waals surface area (Å²) in [5.41, 5.74) is 1.00. The van der Waals surface area contributed by atoms with Crippen molar-refractivity contribution in [2.75, 3.05) is 0 Å². The molecule has 70 valence electrons. The minimum absolute atomic E-state index is 0.0273. The molecule has 0 aromatic carbocycles. The Morgan fingerprint density at radius 2 is 2.31 bits per heavy atom. The number of nitrogens with zero attached hydrogens (tertiary/aromatic N) is 2. The second kappa shape index (κ2) is 2.94. The van der Waals surface area contributed by atoms with Gasteiger partial charge in [0.05, 0.1) is 0 Å². The molecule has 0 spiro atoms. The highest BCUT2D eigenvalue weighted by atomic mass is 19.1. The van der Waals surface area contributed by atoms with Crippen LogP contribution in [0.1, 0.15) is 35.8 Å². The van der Waals surface area contributed by atoms with E-state index < -0.39 is 5.95 Å². The molecule has 1 aromatic rings. The van der Waals surface area contributed by atoms with Crippen LogP contribution in [0.25, 0.3) is 0 Å². The number of Topliss-reactive ketones (excluding diaryl/α,β-unsaturated/α-hetero) is 1. The third-order valence-electron chi connectivity index (χ3n) is 2.40. The van der Waals surface area contributed by atoms with Gasteiger partial charge in [-0.1, -0.05) is 0 Å². The third-order valence-corrected chi connectivity index (χ3v) is 2.40. The van der Waals surface area contributed by atoms with Gasteiger partial charge >= 0.3 is 0 Å². The lowest BCUT2D eigenvalue weighted by Gasteiger charge is -2.10. The number of fused-ring (bicyclic) bond motifs is 1. The normalized spacial score (nSPS) is 16.0. The largest absolute Gasteiger partial charge is 0.292 e. The number of ketones is 1. The monoisotopic (exact) mass is 182 g/mol. The van der Waals surface area contributed by atoms with Gasteiger partial charge in [0.15, 0.2) is 5.78 Å². The van der Waals surface area contributed by atoms with Crippen molar-refractivity contribution >= 4 is 5.78 Å². The van der Waals surface area contributed by atoms with Gasteiger partial charge in [-0.2, -0.15) is 4.39 Å². The maximum Gasteiger partial charge on any atom is 0.236 e. The summed E-state index contributed by atoms with van der Waals surface area (Å²) < 4.78 is 14.6. The molecule has 0 saturated heterocycles. The highest BCUT2D eigenvalue weighted by Gasteiger charge is 2.26. The molecule has 0 aliphatic heterocycles. The molecule has 13 heavy (non-hydrogen) atoms. The average Bonchev–Trinajstić information content (AvgIpc) is 2.45. The van der Waals surface area contributed by atoms with Crippen molar-refractivity contribution in [1.29, 1.82) is 0 Å². The topological polar surface area (TPSA) is 34.9 Å². The van der Waals surface area contributed by atoms with Gasteiger partial charge in [0.25, 0.3) is 0 Å². The first-order valence-electron chi connectivity index (χ1n) is 4.52. The molecule has 4 heteroatoms. The molecule has 1 aliphatic rings. The molecule has 1 aliphatic carbocycles. The molecule has 1 aromatic heterocycles. The summed E-state index contributed by atoms with van der Waals surface area (Å²) in [6.07, 6.45) is 1.92. The zero-order chi connectivity index (χ0) is 9.42. The van der Waals surface area contributed by atoms with Crippen molar-refractivity contribution in [3.8, 4) is 0 Å². The van der Waals surface area contributed by atoms with E-state index in [-0.39, 0.29) is 5.78 Å². The van der Waals surface area contributed by atoms with Crippen LogP contribution in [0, 0.1) is 5.95 Å². The lowest BCUT2D eigenvalue weighted by Crippen LogP contribution is -2.15. The Labute approximate surface area is 75.5 Å². The van der Waals surface area contributed by atoms with Crippen LogP contribution in [0.15, 0.2) is 0 Å². The van der Waals surface area contributed by atoms with Gasteiger partial charge in [-0.3, -0.25) is 9.48 Å². The molecule has 0 atom stereocenters. The van der Waals surface area contributed by atoms with E-state index in [4.69, 9.17) is 0 Å². The zero-order valence-corrected chi connectivity index (χ0v) is 7.51. The Balaban J connectivity index is 2.58. The fourth-order valence-corrected chi connectivity index (χ4v) is 1.78. The zero-order valence-electron chi connectivity index (χ0n) is 7.51. The standard InChI is InChI=1S/C9H11FN2O/c1-2-12-8-6(9(10)11-12)4-3-5-7(8)13/h2-5H2,1H3. The molecular weight excluding hydrogens is 171 g/mol. The van der Waals surface area contributed by atoms with Crippen molar-refractivity contribution in [3.05, 3.63) is 17.2 Å². The maximum atomic E-state index is 13.2. The van der Waals surface area contributed by atoms with Gasteiger partial charge in [-0.25, -0.2) is 0 Å². The van der Waals surface area contributed by atoms with E-state index in [1.165, 1.54) is 4.68 Å². The number of carbonyl (C=O) groups excluding carboxylic acids is 1. The molecule has 0 radical (unpaired) electrons. The Morgan fingerprint density at radius 3 is 3.00 bits per heavy atom. The third kappa shape index (κ3) is 1.17. The van der Waals surface area contributed by atoms with Crippen LogP contribution in [0.5, 0.6) is 0 Å². The number of hydrogen-bond acceptors (Lipinski definition) is 2. The summed E-state index contributed by atoms with van der Waals surface area (Å²) in [4.78, 5) is 11.5. The molecule has 0 amide bonds. The predicted molar refractivity (Wildman–Crippen MR) is 45.1 cm³/mol. The molecule has 3 nitrogen and oxygen atoms in total. The van der Waals surface area contributed by atoms with Gasteiger partial charge in [0.2, 0.25) is 5.95 Å². The number of carbonyl (C=O) groups is 1. The fraction of sp³-hybridized carbons (Fsp3) is 0.556. The lowest BCUT2D eigenvalue weighted by atomic mass is 9.97. The molecule has 0 unspecified atom stereocenters. The molecule has 0 N–H and O–H groups in total. The minimum atomic E-state index is -0.468. The SMILES string of the molecule is CCn1nc(F)c2c1C(=O)CCC2. The van der Waals surface area contributed by atoms with E-state index in [0.717, 1.165) is 6.42 Å². The summed E-state index contributed by atoms with van der Waals surface area (Å²) in [6, 6.07) is 0. The lowest BCUT2D eigenvalue weighted by molar-refractivity contribution is 0.0961. The Bertz CT molecular complexity index is 357. The second-order valence-electron chi connectivity index (χ2n) is 3.21. The molecule has 0 saturated carbocycles. The number of aromatic nitrogens is 2.